The van der Waals surface area contributed by atoms with Gasteiger partial charge in [0.15, 0.2) is 0 Å². The summed E-state index contributed by atoms with van der Waals surface area (Å²) in [6.07, 6.45) is 0.807. The van der Waals surface area contributed by atoms with E-state index >= 15 is 0 Å². The second-order valence-corrected chi connectivity index (χ2v) is 6.81. The van der Waals surface area contributed by atoms with Crippen LogP contribution >= 0.6 is 11.8 Å². The van der Waals surface area contributed by atoms with Crippen LogP contribution in [0.4, 0.5) is 0 Å². The predicted molar refractivity (Wildman–Crippen MR) is 69.3 cm³/mol. The highest BCUT2D eigenvalue weighted by molar-refractivity contribution is 8.02. The number of carboxylic acid groups (broad SMARTS) is 1. The standard InChI is InChI=1S/C12H19NO4S/c1-5-7(2)13-9(14)6-8(10(13)15)18-12(3,4)11(16)17/h7-8H,5-6H2,1-4H3,(H,16,17). The molecule has 6 heteroatoms. The van der Waals surface area contributed by atoms with Gasteiger partial charge in [-0.05, 0) is 27.2 Å². The number of hydrogen-bond acceptors (Lipinski definition) is 4. The summed E-state index contributed by atoms with van der Waals surface area (Å²) in [5.41, 5.74) is 0. The number of imide groups is 1. The van der Waals surface area contributed by atoms with Gasteiger partial charge in [-0.2, -0.15) is 0 Å². The quantitative estimate of drug-likeness (QED) is 0.768. The number of likely N-dealkylation sites (tertiary alicyclic amines) is 1. The first-order valence-electron chi connectivity index (χ1n) is 5.97. The summed E-state index contributed by atoms with van der Waals surface area (Å²) in [4.78, 5) is 36.2. The molecular weight excluding hydrogens is 254 g/mol. The maximum absolute atomic E-state index is 12.1. The first-order valence-corrected chi connectivity index (χ1v) is 6.85. The van der Waals surface area contributed by atoms with Crippen molar-refractivity contribution in [3.63, 3.8) is 0 Å². The molecule has 0 saturated carbocycles. The van der Waals surface area contributed by atoms with Gasteiger partial charge in [-0.3, -0.25) is 19.3 Å². The Bertz CT molecular complexity index is 380. The molecule has 1 aliphatic heterocycles. The lowest BCUT2D eigenvalue weighted by Crippen LogP contribution is -2.39. The van der Waals surface area contributed by atoms with E-state index in [0.717, 1.165) is 11.8 Å². The molecule has 1 saturated heterocycles. The summed E-state index contributed by atoms with van der Waals surface area (Å²) in [5.74, 6) is -1.43. The Morgan fingerprint density at radius 2 is 2.11 bits per heavy atom. The van der Waals surface area contributed by atoms with Crippen LogP contribution in [-0.2, 0) is 14.4 Å². The average Bonchev–Trinajstić information content (AvgIpc) is 2.52. The van der Waals surface area contributed by atoms with Crippen molar-refractivity contribution in [2.24, 2.45) is 0 Å². The van der Waals surface area contributed by atoms with Gasteiger partial charge in [0.1, 0.15) is 4.75 Å². The van der Waals surface area contributed by atoms with E-state index in [0.29, 0.717) is 6.42 Å². The van der Waals surface area contributed by atoms with Gasteiger partial charge in [0.2, 0.25) is 11.8 Å². The monoisotopic (exact) mass is 273 g/mol. The number of amides is 2. The summed E-state index contributed by atoms with van der Waals surface area (Å²) in [6.45, 7) is 6.82. The van der Waals surface area contributed by atoms with E-state index in [1.807, 2.05) is 13.8 Å². The van der Waals surface area contributed by atoms with E-state index < -0.39 is 16.0 Å². The molecule has 0 aromatic carbocycles. The average molecular weight is 273 g/mol. The van der Waals surface area contributed by atoms with Crippen molar-refractivity contribution in [2.75, 3.05) is 0 Å². The van der Waals surface area contributed by atoms with Gasteiger partial charge < -0.3 is 5.11 Å². The largest absolute Gasteiger partial charge is 0.480 e. The number of hydrogen-bond donors (Lipinski definition) is 1. The third-order valence-corrected chi connectivity index (χ3v) is 4.54. The Balaban J connectivity index is 2.81. The zero-order valence-corrected chi connectivity index (χ0v) is 11.9. The lowest BCUT2D eigenvalue weighted by molar-refractivity contribution is -0.140. The Labute approximate surface area is 111 Å². The molecule has 0 aromatic heterocycles. The Morgan fingerprint density at radius 3 is 2.56 bits per heavy atom. The molecular formula is C12H19NO4S. The molecule has 5 nitrogen and oxygen atoms in total. The number of thioether (sulfide) groups is 1. The Kier molecular flexibility index (Phi) is 4.42. The van der Waals surface area contributed by atoms with Gasteiger partial charge >= 0.3 is 5.97 Å². The van der Waals surface area contributed by atoms with Gasteiger partial charge in [-0.25, -0.2) is 0 Å². The van der Waals surface area contributed by atoms with Crippen molar-refractivity contribution >= 4 is 29.5 Å². The van der Waals surface area contributed by atoms with Gasteiger partial charge in [-0.1, -0.05) is 6.92 Å². The second-order valence-electron chi connectivity index (χ2n) is 4.99. The van der Waals surface area contributed by atoms with Crippen LogP contribution < -0.4 is 0 Å². The fourth-order valence-corrected chi connectivity index (χ4v) is 3.02. The van der Waals surface area contributed by atoms with Crippen molar-refractivity contribution in [1.82, 2.24) is 4.90 Å². The van der Waals surface area contributed by atoms with E-state index in [1.165, 1.54) is 4.90 Å². The maximum Gasteiger partial charge on any atom is 0.319 e. The minimum atomic E-state index is -1.06. The van der Waals surface area contributed by atoms with Crippen LogP contribution in [0.15, 0.2) is 0 Å². The molecule has 1 heterocycles. The van der Waals surface area contributed by atoms with Gasteiger partial charge in [0, 0.05) is 12.5 Å². The van der Waals surface area contributed by atoms with Crippen molar-refractivity contribution in [2.45, 2.75) is 56.6 Å². The Morgan fingerprint density at radius 1 is 1.56 bits per heavy atom. The third kappa shape index (κ3) is 2.85. The summed E-state index contributed by atoms with van der Waals surface area (Å²) in [6, 6.07) is -0.122. The normalized spacial score (nSPS) is 22.4. The molecule has 0 radical (unpaired) electrons. The molecule has 102 valence electrons. The highest BCUT2D eigenvalue weighted by atomic mass is 32.2. The van der Waals surface area contributed by atoms with Crippen LogP contribution in [0, 0.1) is 0 Å². The highest BCUT2D eigenvalue weighted by Crippen LogP contribution is 2.36. The molecule has 0 bridgehead atoms. The molecule has 2 atom stereocenters. The third-order valence-electron chi connectivity index (χ3n) is 3.13. The van der Waals surface area contributed by atoms with E-state index in [9.17, 15) is 14.4 Å². The molecule has 18 heavy (non-hydrogen) atoms. The number of nitrogens with zero attached hydrogens (tertiary/aromatic N) is 1. The molecule has 1 aliphatic rings. The zero-order chi connectivity index (χ0) is 14.1. The van der Waals surface area contributed by atoms with Crippen LogP contribution in [0.25, 0.3) is 0 Å². The summed E-state index contributed by atoms with van der Waals surface area (Å²) >= 11 is 1.05. The van der Waals surface area contributed by atoms with Crippen LogP contribution in [0.1, 0.15) is 40.5 Å². The van der Waals surface area contributed by atoms with Crippen LogP contribution in [0.2, 0.25) is 0 Å². The molecule has 0 aliphatic carbocycles. The molecule has 2 unspecified atom stereocenters. The predicted octanol–water partition coefficient (Wildman–Crippen LogP) is 1.51. The Hall–Kier alpha value is -1.04. The van der Waals surface area contributed by atoms with Gasteiger partial charge in [-0.15, -0.1) is 11.8 Å². The minimum absolute atomic E-state index is 0.102. The fourth-order valence-electron chi connectivity index (χ4n) is 1.77. The van der Waals surface area contributed by atoms with Gasteiger partial charge in [0.25, 0.3) is 0 Å². The number of rotatable bonds is 5. The van der Waals surface area contributed by atoms with E-state index in [1.54, 1.807) is 13.8 Å². The zero-order valence-electron chi connectivity index (χ0n) is 11.1. The topological polar surface area (TPSA) is 74.7 Å². The van der Waals surface area contributed by atoms with E-state index in [2.05, 4.69) is 0 Å². The molecule has 0 spiro atoms. The fraction of sp³-hybridized carbons (Fsp3) is 0.750. The highest BCUT2D eigenvalue weighted by Gasteiger charge is 2.45. The van der Waals surface area contributed by atoms with Crippen molar-refractivity contribution in [1.29, 1.82) is 0 Å². The summed E-state index contributed by atoms with van der Waals surface area (Å²) in [7, 11) is 0. The number of aliphatic carboxylic acids is 1. The van der Waals surface area contributed by atoms with Crippen molar-refractivity contribution in [3.8, 4) is 0 Å². The number of carbonyl (C=O) groups is 3. The minimum Gasteiger partial charge on any atom is -0.480 e. The first-order chi connectivity index (χ1) is 8.20. The van der Waals surface area contributed by atoms with Crippen LogP contribution in [0.5, 0.6) is 0 Å². The lowest BCUT2D eigenvalue weighted by Gasteiger charge is -2.24. The molecule has 0 aromatic rings. The molecule has 1 rings (SSSR count). The van der Waals surface area contributed by atoms with E-state index in [4.69, 9.17) is 5.11 Å². The van der Waals surface area contributed by atoms with Crippen LogP contribution in [0.3, 0.4) is 0 Å². The van der Waals surface area contributed by atoms with Gasteiger partial charge in [0.05, 0.1) is 5.25 Å². The SMILES string of the molecule is CCC(C)N1C(=O)CC(SC(C)(C)C(=O)O)C1=O. The molecule has 1 N–H and O–H groups in total. The molecule has 1 fully saturated rings. The van der Waals surface area contributed by atoms with Crippen molar-refractivity contribution < 1.29 is 19.5 Å². The summed E-state index contributed by atoms with van der Waals surface area (Å²) < 4.78 is -1.06. The molecule has 2 amide bonds. The maximum atomic E-state index is 12.1. The smallest absolute Gasteiger partial charge is 0.319 e. The first kappa shape index (κ1) is 15.0. The second kappa shape index (κ2) is 5.30. The summed E-state index contributed by atoms with van der Waals surface area (Å²) in [5, 5.41) is 8.47. The number of carboxylic acids is 1. The number of carbonyl (C=O) groups excluding carboxylic acids is 2. The van der Waals surface area contributed by atoms with Crippen LogP contribution in [-0.4, -0.2) is 43.8 Å². The van der Waals surface area contributed by atoms with Crippen molar-refractivity contribution in [3.05, 3.63) is 0 Å². The lowest BCUT2D eigenvalue weighted by atomic mass is 10.2. The van der Waals surface area contributed by atoms with E-state index in [-0.39, 0.29) is 24.3 Å².